The molecule has 0 amide bonds. The van der Waals surface area contributed by atoms with Gasteiger partial charge in [-0.25, -0.2) is 0 Å². The predicted octanol–water partition coefficient (Wildman–Crippen LogP) is 2.92. The molecule has 1 aliphatic heterocycles. The molecule has 20 heavy (non-hydrogen) atoms. The molecule has 3 heteroatoms. The fraction of sp³-hybridized carbons (Fsp3) is 0.353. The van der Waals surface area contributed by atoms with Crippen LogP contribution in [0.1, 0.15) is 36.1 Å². The van der Waals surface area contributed by atoms with Crippen LogP contribution in [-0.2, 0) is 0 Å². The topological polar surface area (TPSA) is 42.1 Å². The third kappa shape index (κ3) is 2.60. The number of pyridine rings is 1. The van der Waals surface area contributed by atoms with Gasteiger partial charge in [-0.1, -0.05) is 30.3 Å². The minimum atomic E-state index is 0.283. The number of hydrogen-bond donors (Lipinski definition) is 1. The first-order chi connectivity index (χ1) is 9.90. The van der Waals surface area contributed by atoms with E-state index in [0.29, 0.717) is 12.6 Å². The molecule has 1 aliphatic rings. The zero-order valence-corrected chi connectivity index (χ0v) is 11.7. The van der Waals surface area contributed by atoms with Crippen molar-refractivity contribution in [1.82, 2.24) is 9.88 Å². The van der Waals surface area contributed by atoms with E-state index in [1.807, 2.05) is 12.4 Å². The second kappa shape index (κ2) is 6.16. The second-order valence-electron chi connectivity index (χ2n) is 5.34. The third-order valence-corrected chi connectivity index (χ3v) is 4.19. The summed E-state index contributed by atoms with van der Waals surface area (Å²) in [6.07, 6.45) is 6.16. The average molecular weight is 267 g/mol. The highest BCUT2D eigenvalue weighted by molar-refractivity contribution is 5.23. The van der Waals surface area contributed by atoms with Crippen molar-refractivity contribution in [3.05, 3.63) is 66.0 Å². The standard InChI is InChI=1S/C17H21N3/c18-13-17(15-8-10-19-11-9-15)20-12-4-7-16(20)14-5-2-1-3-6-14/h1-3,5-6,8-11,16-17H,4,7,12-13,18H2. The molecule has 1 fully saturated rings. The van der Waals surface area contributed by atoms with Crippen LogP contribution in [0.4, 0.5) is 0 Å². The van der Waals surface area contributed by atoms with Gasteiger partial charge in [-0.3, -0.25) is 9.88 Å². The Morgan fingerprint density at radius 2 is 1.90 bits per heavy atom. The summed E-state index contributed by atoms with van der Waals surface area (Å²) in [6.45, 7) is 1.76. The van der Waals surface area contributed by atoms with Gasteiger partial charge in [-0.15, -0.1) is 0 Å². The summed E-state index contributed by atoms with van der Waals surface area (Å²) in [4.78, 5) is 6.65. The maximum Gasteiger partial charge on any atom is 0.0477 e. The van der Waals surface area contributed by atoms with Crippen molar-refractivity contribution in [2.24, 2.45) is 5.73 Å². The first-order valence-corrected chi connectivity index (χ1v) is 7.31. The van der Waals surface area contributed by atoms with Crippen LogP contribution < -0.4 is 5.73 Å². The molecule has 0 aliphatic carbocycles. The highest BCUT2D eigenvalue weighted by Gasteiger charge is 2.31. The lowest BCUT2D eigenvalue weighted by molar-refractivity contribution is 0.185. The van der Waals surface area contributed by atoms with E-state index in [1.54, 1.807) is 0 Å². The van der Waals surface area contributed by atoms with E-state index in [2.05, 4.69) is 52.3 Å². The molecule has 2 N–H and O–H groups in total. The van der Waals surface area contributed by atoms with E-state index in [1.165, 1.54) is 24.0 Å². The fourth-order valence-corrected chi connectivity index (χ4v) is 3.24. The Hall–Kier alpha value is -1.71. The zero-order valence-electron chi connectivity index (χ0n) is 11.7. The van der Waals surface area contributed by atoms with Crippen LogP contribution in [0.2, 0.25) is 0 Å². The summed E-state index contributed by atoms with van der Waals surface area (Å²) >= 11 is 0. The summed E-state index contributed by atoms with van der Waals surface area (Å²) < 4.78 is 0. The maximum absolute atomic E-state index is 6.06. The van der Waals surface area contributed by atoms with Gasteiger partial charge in [0.05, 0.1) is 0 Å². The third-order valence-electron chi connectivity index (χ3n) is 4.19. The van der Waals surface area contributed by atoms with Crippen LogP contribution in [-0.4, -0.2) is 23.0 Å². The van der Waals surface area contributed by atoms with Crippen molar-refractivity contribution < 1.29 is 0 Å². The largest absolute Gasteiger partial charge is 0.329 e. The number of nitrogens with zero attached hydrogens (tertiary/aromatic N) is 2. The Morgan fingerprint density at radius 3 is 2.60 bits per heavy atom. The number of nitrogens with two attached hydrogens (primary N) is 1. The second-order valence-corrected chi connectivity index (χ2v) is 5.34. The van der Waals surface area contributed by atoms with Gasteiger partial charge < -0.3 is 5.73 Å². The molecule has 0 spiro atoms. The van der Waals surface area contributed by atoms with Gasteiger partial charge in [-0.05, 0) is 42.6 Å². The van der Waals surface area contributed by atoms with Crippen molar-refractivity contribution in [2.75, 3.05) is 13.1 Å². The van der Waals surface area contributed by atoms with Gasteiger partial charge in [0, 0.05) is 31.0 Å². The van der Waals surface area contributed by atoms with E-state index in [-0.39, 0.29) is 6.04 Å². The lowest BCUT2D eigenvalue weighted by Crippen LogP contribution is -2.33. The number of likely N-dealkylation sites (tertiary alicyclic amines) is 1. The van der Waals surface area contributed by atoms with Gasteiger partial charge in [0.25, 0.3) is 0 Å². The Labute approximate surface area is 120 Å². The molecular weight excluding hydrogens is 246 g/mol. The van der Waals surface area contributed by atoms with Crippen LogP contribution in [0.5, 0.6) is 0 Å². The average Bonchev–Trinajstić information content (AvgIpc) is 2.99. The molecule has 1 saturated heterocycles. The maximum atomic E-state index is 6.06. The number of aromatic nitrogens is 1. The molecule has 0 saturated carbocycles. The van der Waals surface area contributed by atoms with Crippen molar-refractivity contribution in [3.63, 3.8) is 0 Å². The summed E-state index contributed by atoms with van der Waals surface area (Å²) in [5, 5.41) is 0. The summed E-state index contributed by atoms with van der Waals surface area (Å²) in [6, 6.07) is 15.7. The van der Waals surface area contributed by atoms with Crippen molar-refractivity contribution in [2.45, 2.75) is 24.9 Å². The van der Waals surface area contributed by atoms with Crippen molar-refractivity contribution in [1.29, 1.82) is 0 Å². The highest BCUT2D eigenvalue weighted by Crippen LogP contribution is 2.37. The Balaban J connectivity index is 1.87. The SMILES string of the molecule is NCC(c1ccncc1)N1CCCC1c1ccccc1. The van der Waals surface area contributed by atoms with E-state index in [0.717, 1.165) is 6.54 Å². The molecule has 3 nitrogen and oxygen atoms in total. The predicted molar refractivity (Wildman–Crippen MR) is 81.2 cm³/mol. The quantitative estimate of drug-likeness (QED) is 0.926. The molecule has 0 bridgehead atoms. The molecule has 1 aromatic carbocycles. The lowest BCUT2D eigenvalue weighted by Gasteiger charge is -2.33. The Morgan fingerprint density at radius 1 is 1.15 bits per heavy atom. The summed E-state index contributed by atoms with van der Waals surface area (Å²) in [5.74, 6) is 0. The molecule has 2 aromatic rings. The Bertz CT molecular complexity index is 526. The first-order valence-electron chi connectivity index (χ1n) is 7.31. The van der Waals surface area contributed by atoms with E-state index >= 15 is 0 Å². The number of benzene rings is 1. The van der Waals surface area contributed by atoms with Crippen molar-refractivity contribution >= 4 is 0 Å². The van der Waals surface area contributed by atoms with Crippen LogP contribution in [0, 0.1) is 0 Å². The molecule has 2 unspecified atom stereocenters. The van der Waals surface area contributed by atoms with Crippen molar-refractivity contribution in [3.8, 4) is 0 Å². The molecule has 3 rings (SSSR count). The minimum absolute atomic E-state index is 0.283. The van der Waals surface area contributed by atoms with Gasteiger partial charge in [0.2, 0.25) is 0 Å². The normalized spacial score (nSPS) is 20.9. The van der Waals surface area contributed by atoms with Crippen LogP contribution in [0.15, 0.2) is 54.9 Å². The van der Waals surface area contributed by atoms with Crippen LogP contribution >= 0.6 is 0 Å². The smallest absolute Gasteiger partial charge is 0.0477 e. The molecule has 1 aromatic heterocycles. The molecule has 2 heterocycles. The Kier molecular flexibility index (Phi) is 4.09. The molecular formula is C17H21N3. The zero-order chi connectivity index (χ0) is 13.8. The van der Waals surface area contributed by atoms with E-state index < -0.39 is 0 Å². The number of hydrogen-bond acceptors (Lipinski definition) is 3. The highest BCUT2D eigenvalue weighted by atomic mass is 15.2. The minimum Gasteiger partial charge on any atom is -0.329 e. The van der Waals surface area contributed by atoms with Crippen LogP contribution in [0.25, 0.3) is 0 Å². The molecule has 2 atom stereocenters. The first kappa shape index (κ1) is 13.3. The fourth-order valence-electron chi connectivity index (χ4n) is 3.24. The van der Waals surface area contributed by atoms with Gasteiger partial charge in [-0.2, -0.15) is 0 Å². The van der Waals surface area contributed by atoms with Gasteiger partial charge in [0.1, 0.15) is 0 Å². The van der Waals surface area contributed by atoms with Gasteiger partial charge in [0.15, 0.2) is 0 Å². The molecule has 104 valence electrons. The van der Waals surface area contributed by atoms with Crippen LogP contribution in [0.3, 0.4) is 0 Å². The van der Waals surface area contributed by atoms with E-state index in [9.17, 15) is 0 Å². The lowest BCUT2D eigenvalue weighted by atomic mass is 10.0. The number of rotatable bonds is 4. The summed E-state index contributed by atoms with van der Waals surface area (Å²) in [5.41, 5.74) is 8.73. The molecule has 0 radical (unpaired) electrons. The van der Waals surface area contributed by atoms with Gasteiger partial charge >= 0.3 is 0 Å². The van der Waals surface area contributed by atoms with E-state index in [4.69, 9.17) is 5.73 Å². The monoisotopic (exact) mass is 267 g/mol. The summed E-state index contributed by atoms with van der Waals surface area (Å²) in [7, 11) is 0.